The molecule has 2 unspecified atom stereocenters. The first-order chi connectivity index (χ1) is 17.6. The highest BCUT2D eigenvalue weighted by atomic mass is 16.3. The largest absolute Gasteiger partial charge is 0.469 e. The topological polar surface area (TPSA) is 62.6 Å². The van der Waals surface area contributed by atoms with Gasteiger partial charge in [0, 0.05) is 29.2 Å². The summed E-state index contributed by atoms with van der Waals surface area (Å²) in [5, 5.41) is 3.55. The lowest BCUT2D eigenvalue weighted by molar-refractivity contribution is -0.116. The molecular weight excluding hydrogens is 448 g/mol. The summed E-state index contributed by atoms with van der Waals surface area (Å²) in [7, 11) is 0. The number of para-hydroxylation sites is 2. The molecule has 1 aromatic heterocycles. The molecule has 0 spiro atoms. The minimum Gasteiger partial charge on any atom is -0.469 e. The summed E-state index contributed by atoms with van der Waals surface area (Å²) in [4.78, 5) is 29.9. The van der Waals surface area contributed by atoms with Gasteiger partial charge in [0.2, 0.25) is 0 Å². The van der Waals surface area contributed by atoms with Crippen LogP contribution < -0.4 is 10.2 Å². The Morgan fingerprint density at radius 3 is 2.39 bits per heavy atom. The van der Waals surface area contributed by atoms with Crippen LogP contribution >= 0.6 is 0 Å². The van der Waals surface area contributed by atoms with Gasteiger partial charge in [-0.15, -0.1) is 0 Å². The minimum atomic E-state index is -0.559. The zero-order valence-corrected chi connectivity index (χ0v) is 20.0. The number of hydrogen-bond donors (Lipinski definition) is 1. The number of ketones is 1. The standard InChI is InChI=1S/C31H26N2O3/c1-20-13-15-22(16-14-20)31(35)33-26-11-6-5-10-24(26)32-25-18-23(28-12-7-17-36-28)19-27(34)29(25)30(33)21-8-3-2-4-9-21/h2-17,23,30,32H,18-19H2,1H3. The molecular formula is C31H26N2O3. The number of hydrogen-bond acceptors (Lipinski definition) is 4. The van der Waals surface area contributed by atoms with Gasteiger partial charge in [0.25, 0.3) is 5.91 Å². The average molecular weight is 475 g/mol. The average Bonchev–Trinajstić information content (AvgIpc) is 3.39. The van der Waals surface area contributed by atoms with Crippen molar-refractivity contribution in [2.75, 3.05) is 10.2 Å². The molecule has 5 heteroatoms. The van der Waals surface area contributed by atoms with E-state index >= 15 is 0 Å². The number of nitrogens with one attached hydrogen (secondary N) is 1. The van der Waals surface area contributed by atoms with Gasteiger partial charge in [-0.25, -0.2) is 0 Å². The molecule has 4 aromatic rings. The van der Waals surface area contributed by atoms with Crippen molar-refractivity contribution in [3.05, 3.63) is 131 Å². The summed E-state index contributed by atoms with van der Waals surface area (Å²) >= 11 is 0. The Balaban J connectivity index is 1.56. The molecule has 2 aliphatic rings. The molecule has 1 aliphatic heterocycles. The second-order valence-corrected chi connectivity index (χ2v) is 9.43. The minimum absolute atomic E-state index is 0.0218. The first-order valence-electron chi connectivity index (χ1n) is 12.2. The SMILES string of the molecule is Cc1ccc(C(=O)N2c3ccccc3NC3=C(C(=O)CC(c4ccco4)C3)C2c2ccccc2)cc1. The van der Waals surface area contributed by atoms with E-state index in [0.29, 0.717) is 24.0 Å². The Labute approximate surface area is 210 Å². The summed E-state index contributed by atoms with van der Waals surface area (Å²) < 4.78 is 5.67. The third kappa shape index (κ3) is 3.83. The Hall–Kier alpha value is -4.38. The van der Waals surface area contributed by atoms with Crippen LogP contribution in [0.1, 0.15) is 52.0 Å². The molecule has 6 rings (SSSR count). The maximum absolute atomic E-state index is 14.2. The molecule has 0 bridgehead atoms. The number of benzene rings is 3. The summed E-state index contributed by atoms with van der Waals surface area (Å²) in [6.07, 6.45) is 2.60. The van der Waals surface area contributed by atoms with Gasteiger partial charge in [-0.2, -0.15) is 0 Å². The number of aryl methyl sites for hydroxylation is 1. The second kappa shape index (κ2) is 9.00. The van der Waals surface area contributed by atoms with Crippen LogP contribution in [-0.4, -0.2) is 11.7 Å². The summed E-state index contributed by atoms with van der Waals surface area (Å²) in [5.41, 5.74) is 5.59. The van der Waals surface area contributed by atoms with Crippen molar-refractivity contribution in [2.24, 2.45) is 0 Å². The molecule has 2 atom stereocenters. The monoisotopic (exact) mass is 474 g/mol. The number of rotatable bonds is 3. The van der Waals surface area contributed by atoms with Gasteiger partial charge in [-0.05, 0) is 55.3 Å². The normalized spacial score (nSPS) is 19.2. The molecule has 0 saturated heterocycles. The van der Waals surface area contributed by atoms with Crippen LogP contribution in [0.15, 0.2) is 113 Å². The number of fused-ring (bicyclic) bond motifs is 1. The molecule has 0 saturated carbocycles. The number of allylic oxidation sites excluding steroid dienone is 1. The van der Waals surface area contributed by atoms with E-state index in [-0.39, 0.29) is 17.6 Å². The van der Waals surface area contributed by atoms with Crippen molar-refractivity contribution in [1.29, 1.82) is 0 Å². The molecule has 1 N–H and O–H groups in total. The van der Waals surface area contributed by atoms with Crippen molar-refractivity contribution < 1.29 is 14.0 Å². The van der Waals surface area contributed by atoms with Crippen LogP contribution in [0.2, 0.25) is 0 Å². The highest BCUT2D eigenvalue weighted by molar-refractivity contribution is 6.12. The van der Waals surface area contributed by atoms with Crippen LogP contribution in [0.3, 0.4) is 0 Å². The van der Waals surface area contributed by atoms with E-state index in [0.717, 1.165) is 34.0 Å². The van der Waals surface area contributed by atoms with Gasteiger partial charge in [0.1, 0.15) is 5.76 Å². The van der Waals surface area contributed by atoms with Gasteiger partial charge >= 0.3 is 0 Å². The number of anilines is 2. The first kappa shape index (κ1) is 22.1. The number of furan rings is 1. The number of nitrogens with zero attached hydrogens (tertiary/aromatic N) is 1. The summed E-state index contributed by atoms with van der Waals surface area (Å²) in [6, 6.07) is 28.4. The fourth-order valence-corrected chi connectivity index (χ4v) is 5.32. The van der Waals surface area contributed by atoms with Crippen LogP contribution in [-0.2, 0) is 4.79 Å². The van der Waals surface area contributed by atoms with Crippen molar-refractivity contribution in [2.45, 2.75) is 31.7 Å². The third-order valence-corrected chi connectivity index (χ3v) is 7.07. The van der Waals surface area contributed by atoms with Crippen molar-refractivity contribution in [3.8, 4) is 0 Å². The quantitative estimate of drug-likeness (QED) is 0.355. The van der Waals surface area contributed by atoms with E-state index in [4.69, 9.17) is 4.42 Å². The fourth-order valence-electron chi connectivity index (χ4n) is 5.32. The van der Waals surface area contributed by atoms with E-state index in [1.807, 2.05) is 97.9 Å². The van der Waals surface area contributed by atoms with Crippen LogP contribution in [0.4, 0.5) is 11.4 Å². The molecule has 36 heavy (non-hydrogen) atoms. The Morgan fingerprint density at radius 2 is 1.64 bits per heavy atom. The zero-order valence-electron chi connectivity index (χ0n) is 20.0. The molecule has 1 amide bonds. The van der Waals surface area contributed by atoms with E-state index < -0.39 is 6.04 Å². The summed E-state index contributed by atoms with van der Waals surface area (Å²) in [5.74, 6) is 0.626. The maximum Gasteiger partial charge on any atom is 0.259 e. The van der Waals surface area contributed by atoms with E-state index in [1.165, 1.54) is 0 Å². The molecule has 0 fully saturated rings. The molecule has 5 nitrogen and oxygen atoms in total. The van der Waals surface area contributed by atoms with Crippen molar-refractivity contribution >= 4 is 23.1 Å². The number of Topliss-reactive ketones (excluding diaryl/α,β-unsaturated/α-hetero) is 1. The van der Waals surface area contributed by atoms with Crippen molar-refractivity contribution in [1.82, 2.24) is 0 Å². The van der Waals surface area contributed by atoms with Gasteiger partial charge in [-0.1, -0.05) is 60.2 Å². The fraction of sp³-hybridized carbons (Fsp3) is 0.161. The molecule has 3 aromatic carbocycles. The molecule has 178 valence electrons. The Bertz CT molecular complexity index is 1450. The number of carbonyl (C=O) groups is 2. The molecule has 1 aliphatic carbocycles. The molecule has 0 radical (unpaired) electrons. The highest BCUT2D eigenvalue weighted by Crippen LogP contribution is 2.47. The van der Waals surface area contributed by atoms with Gasteiger partial charge in [-0.3, -0.25) is 14.5 Å². The first-order valence-corrected chi connectivity index (χ1v) is 12.2. The van der Waals surface area contributed by atoms with Crippen LogP contribution in [0.25, 0.3) is 0 Å². The Morgan fingerprint density at radius 1 is 0.889 bits per heavy atom. The lowest BCUT2D eigenvalue weighted by Crippen LogP contribution is -2.38. The van der Waals surface area contributed by atoms with Gasteiger partial charge < -0.3 is 9.73 Å². The molecule has 2 heterocycles. The lowest BCUT2D eigenvalue weighted by atomic mass is 9.80. The predicted molar refractivity (Wildman–Crippen MR) is 140 cm³/mol. The second-order valence-electron chi connectivity index (χ2n) is 9.43. The predicted octanol–water partition coefficient (Wildman–Crippen LogP) is 6.80. The van der Waals surface area contributed by atoms with Gasteiger partial charge in [0.15, 0.2) is 5.78 Å². The van der Waals surface area contributed by atoms with E-state index in [1.54, 1.807) is 11.2 Å². The van der Waals surface area contributed by atoms with E-state index in [2.05, 4.69) is 5.32 Å². The third-order valence-electron chi connectivity index (χ3n) is 7.07. The Kier molecular flexibility index (Phi) is 5.53. The van der Waals surface area contributed by atoms with Gasteiger partial charge in [0.05, 0.1) is 23.7 Å². The maximum atomic E-state index is 14.2. The van der Waals surface area contributed by atoms with E-state index in [9.17, 15) is 9.59 Å². The number of amides is 1. The highest BCUT2D eigenvalue weighted by Gasteiger charge is 2.42. The zero-order chi connectivity index (χ0) is 24.6. The lowest BCUT2D eigenvalue weighted by Gasteiger charge is -2.35. The summed E-state index contributed by atoms with van der Waals surface area (Å²) in [6.45, 7) is 2.00. The smallest absolute Gasteiger partial charge is 0.259 e. The van der Waals surface area contributed by atoms with Crippen LogP contribution in [0.5, 0.6) is 0 Å². The van der Waals surface area contributed by atoms with Crippen LogP contribution in [0, 0.1) is 6.92 Å². The van der Waals surface area contributed by atoms with Crippen molar-refractivity contribution in [3.63, 3.8) is 0 Å². The number of carbonyl (C=O) groups excluding carboxylic acids is 2.